The van der Waals surface area contributed by atoms with E-state index in [-0.39, 0.29) is 0 Å². The van der Waals surface area contributed by atoms with Gasteiger partial charge < -0.3 is 4.90 Å². The van der Waals surface area contributed by atoms with Crippen LogP contribution in [-0.4, -0.2) is 25.0 Å². The van der Waals surface area contributed by atoms with Crippen molar-refractivity contribution in [3.8, 4) is 0 Å². The van der Waals surface area contributed by atoms with Crippen molar-refractivity contribution in [3.63, 3.8) is 0 Å². The van der Waals surface area contributed by atoms with Gasteiger partial charge in [-0.2, -0.15) is 0 Å². The topological polar surface area (TPSA) is 3.24 Å². The van der Waals surface area contributed by atoms with Gasteiger partial charge in [0.2, 0.25) is 0 Å². The van der Waals surface area contributed by atoms with Crippen LogP contribution in [0.25, 0.3) is 0 Å². The first-order chi connectivity index (χ1) is 9.62. The van der Waals surface area contributed by atoms with E-state index in [1.165, 1.54) is 57.2 Å². The molecule has 1 aliphatic heterocycles. The Morgan fingerprint density at radius 2 is 1.85 bits per heavy atom. The molecule has 0 spiro atoms. The van der Waals surface area contributed by atoms with Crippen molar-refractivity contribution in [2.45, 2.75) is 43.9 Å². The van der Waals surface area contributed by atoms with Crippen LogP contribution in [0.15, 0.2) is 18.2 Å². The van der Waals surface area contributed by atoms with E-state index in [2.05, 4.69) is 24.1 Å². The summed E-state index contributed by atoms with van der Waals surface area (Å²) in [7, 11) is 2.24. The zero-order chi connectivity index (χ0) is 14.2. The molecule has 1 aromatic rings. The minimum Gasteiger partial charge on any atom is -0.306 e. The number of rotatable bonds is 2. The quantitative estimate of drug-likeness (QED) is 0.730. The predicted octanol–water partition coefficient (Wildman–Crippen LogP) is 5.15. The van der Waals surface area contributed by atoms with Gasteiger partial charge in [-0.15, -0.1) is 0 Å². The van der Waals surface area contributed by atoms with Gasteiger partial charge in [0.25, 0.3) is 0 Å². The molecule has 0 unspecified atom stereocenters. The second-order valence-corrected chi connectivity index (χ2v) is 7.41. The lowest BCUT2D eigenvalue weighted by atomic mass is 9.62. The lowest BCUT2D eigenvalue weighted by Crippen LogP contribution is -2.38. The SMILES string of the molecule is CN1CC[C@H](C2(c3ccc(Cl)c(Cl)c3)CCCCC2)C1. The van der Waals surface area contributed by atoms with E-state index in [0.717, 1.165) is 5.92 Å². The third kappa shape index (κ3) is 2.61. The second kappa shape index (κ2) is 5.87. The van der Waals surface area contributed by atoms with Crippen LogP contribution < -0.4 is 0 Å². The molecule has 0 N–H and O–H groups in total. The molecule has 20 heavy (non-hydrogen) atoms. The van der Waals surface area contributed by atoms with Crippen LogP contribution in [-0.2, 0) is 5.41 Å². The van der Waals surface area contributed by atoms with Gasteiger partial charge in [-0.25, -0.2) is 0 Å². The fourth-order valence-corrected chi connectivity index (χ4v) is 4.61. The molecule has 3 heteroatoms. The van der Waals surface area contributed by atoms with Gasteiger partial charge in [-0.05, 0) is 61.9 Å². The van der Waals surface area contributed by atoms with E-state index in [0.29, 0.717) is 15.5 Å². The van der Waals surface area contributed by atoms with Gasteiger partial charge in [0.15, 0.2) is 0 Å². The van der Waals surface area contributed by atoms with Gasteiger partial charge in [-0.3, -0.25) is 0 Å². The van der Waals surface area contributed by atoms with E-state index in [1.54, 1.807) is 0 Å². The van der Waals surface area contributed by atoms with Crippen molar-refractivity contribution in [2.24, 2.45) is 5.92 Å². The number of hydrogen-bond acceptors (Lipinski definition) is 1. The monoisotopic (exact) mass is 311 g/mol. The summed E-state index contributed by atoms with van der Waals surface area (Å²) in [6, 6.07) is 6.33. The Morgan fingerprint density at radius 3 is 2.45 bits per heavy atom. The molecule has 2 aliphatic rings. The highest BCUT2D eigenvalue weighted by molar-refractivity contribution is 6.42. The van der Waals surface area contributed by atoms with Crippen LogP contribution in [0.5, 0.6) is 0 Å². The zero-order valence-electron chi connectivity index (χ0n) is 12.2. The van der Waals surface area contributed by atoms with Gasteiger partial charge in [0.05, 0.1) is 10.0 Å². The third-order valence-electron chi connectivity index (χ3n) is 5.41. The van der Waals surface area contributed by atoms with Crippen LogP contribution in [0.1, 0.15) is 44.1 Å². The van der Waals surface area contributed by atoms with Crippen LogP contribution in [0, 0.1) is 5.92 Å². The minimum absolute atomic E-state index is 0.331. The fourth-order valence-electron chi connectivity index (χ4n) is 4.31. The zero-order valence-corrected chi connectivity index (χ0v) is 13.7. The molecule has 1 nitrogen and oxygen atoms in total. The third-order valence-corrected chi connectivity index (χ3v) is 6.15. The van der Waals surface area contributed by atoms with E-state index in [1.807, 2.05) is 6.07 Å². The molecule has 0 radical (unpaired) electrons. The molecule has 1 aromatic carbocycles. The Morgan fingerprint density at radius 1 is 1.10 bits per heavy atom. The number of likely N-dealkylation sites (tertiary alicyclic amines) is 1. The molecule has 3 rings (SSSR count). The summed E-state index contributed by atoms with van der Waals surface area (Å²) in [6.45, 7) is 2.45. The van der Waals surface area contributed by atoms with Crippen molar-refractivity contribution in [1.29, 1.82) is 0 Å². The number of nitrogens with zero attached hydrogens (tertiary/aromatic N) is 1. The van der Waals surface area contributed by atoms with Gasteiger partial charge in [0, 0.05) is 6.54 Å². The lowest BCUT2D eigenvalue weighted by Gasteiger charge is -2.43. The average Bonchev–Trinajstić information content (AvgIpc) is 2.90. The van der Waals surface area contributed by atoms with Crippen LogP contribution in [0.3, 0.4) is 0 Å². The highest BCUT2D eigenvalue weighted by atomic mass is 35.5. The number of hydrogen-bond donors (Lipinski definition) is 0. The van der Waals surface area contributed by atoms with Crippen LogP contribution >= 0.6 is 23.2 Å². The van der Waals surface area contributed by atoms with Crippen molar-refractivity contribution < 1.29 is 0 Å². The van der Waals surface area contributed by atoms with E-state index >= 15 is 0 Å². The first kappa shape index (κ1) is 14.7. The van der Waals surface area contributed by atoms with E-state index in [9.17, 15) is 0 Å². The Labute approximate surface area is 132 Å². The van der Waals surface area contributed by atoms with Crippen molar-refractivity contribution >= 4 is 23.2 Å². The summed E-state index contributed by atoms with van der Waals surface area (Å²) >= 11 is 12.4. The lowest BCUT2D eigenvalue weighted by molar-refractivity contribution is 0.192. The molecule has 0 bridgehead atoms. The Kier molecular flexibility index (Phi) is 4.31. The highest BCUT2D eigenvalue weighted by Gasteiger charge is 2.43. The molecule has 2 fully saturated rings. The van der Waals surface area contributed by atoms with Crippen molar-refractivity contribution in [3.05, 3.63) is 33.8 Å². The molecule has 0 amide bonds. The van der Waals surface area contributed by atoms with E-state index in [4.69, 9.17) is 23.2 Å². The van der Waals surface area contributed by atoms with Crippen molar-refractivity contribution in [2.75, 3.05) is 20.1 Å². The number of halogens is 2. The van der Waals surface area contributed by atoms with Crippen molar-refractivity contribution in [1.82, 2.24) is 4.90 Å². The molecular formula is C17H23Cl2N. The molecule has 1 heterocycles. The Balaban J connectivity index is 1.98. The van der Waals surface area contributed by atoms with E-state index < -0.39 is 0 Å². The molecule has 1 aliphatic carbocycles. The summed E-state index contributed by atoms with van der Waals surface area (Å²) in [5.41, 5.74) is 1.75. The van der Waals surface area contributed by atoms with Crippen LogP contribution in [0.4, 0.5) is 0 Å². The molecular weight excluding hydrogens is 289 g/mol. The smallest absolute Gasteiger partial charge is 0.0595 e. The standard InChI is InChI=1S/C17H23Cl2N/c1-20-10-7-14(12-20)17(8-3-2-4-9-17)13-5-6-15(18)16(19)11-13/h5-6,11,14H,2-4,7-10,12H2,1H3/t14-/m0/s1. The first-order valence-corrected chi connectivity index (χ1v) is 8.51. The van der Waals surface area contributed by atoms with Crippen LogP contribution in [0.2, 0.25) is 10.0 Å². The maximum absolute atomic E-state index is 6.29. The summed E-state index contributed by atoms with van der Waals surface area (Å²) in [5.74, 6) is 0.769. The normalized spacial score (nSPS) is 26.9. The summed E-state index contributed by atoms with van der Waals surface area (Å²) in [4.78, 5) is 2.47. The molecule has 1 atom stereocenters. The summed E-state index contributed by atoms with van der Waals surface area (Å²) in [6.07, 6.45) is 8.01. The second-order valence-electron chi connectivity index (χ2n) is 6.59. The number of benzene rings is 1. The largest absolute Gasteiger partial charge is 0.306 e. The van der Waals surface area contributed by atoms with Gasteiger partial charge in [-0.1, -0.05) is 48.5 Å². The first-order valence-electron chi connectivity index (χ1n) is 7.76. The van der Waals surface area contributed by atoms with Gasteiger partial charge >= 0.3 is 0 Å². The van der Waals surface area contributed by atoms with Gasteiger partial charge in [0.1, 0.15) is 0 Å². The summed E-state index contributed by atoms with van der Waals surface area (Å²) < 4.78 is 0. The maximum Gasteiger partial charge on any atom is 0.0595 e. The molecule has 110 valence electrons. The molecule has 1 saturated heterocycles. The summed E-state index contributed by atoms with van der Waals surface area (Å²) in [5, 5.41) is 1.38. The highest BCUT2D eigenvalue weighted by Crippen LogP contribution is 2.49. The average molecular weight is 312 g/mol. The fraction of sp³-hybridized carbons (Fsp3) is 0.647. The minimum atomic E-state index is 0.331. The molecule has 0 aromatic heterocycles. The Bertz CT molecular complexity index is 480. The Hall–Kier alpha value is -0.240. The molecule has 1 saturated carbocycles. The predicted molar refractivity (Wildman–Crippen MR) is 86.8 cm³/mol. The maximum atomic E-state index is 6.29.